The van der Waals surface area contributed by atoms with Gasteiger partial charge in [0.2, 0.25) is 5.91 Å². The third-order valence-electron chi connectivity index (χ3n) is 5.14. The number of hydrogen-bond donors (Lipinski definition) is 1. The van der Waals surface area contributed by atoms with Crippen LogP contribution in [0.3, 0.4) is 0 Å². The van der Waals surface area contributed by atoms with Gasteiger partial charge in [0.1, 0.15) is 6.61 Å². The number of hydrogen-bond acceptors (Lipinski definition) is 3. The van der Waals surface area contributed by atoms with Crippen LogP contribution in [0, 0.1) is 0 Å². The van der Waals surface area contributed by atoms with Crippen molar-refractivity contribution in [2.75, 3.05) is 23.4 Å². The molecule has 3 aromatic carbocycles. The number of carbonyl (C=O) groups excluding carboxylic acids is 2. The van der Waals surface area contributed by atoms with Crippen LogP contribution in [0.25, 0.3) is 11.1 Å². The van der Waals surface area contributed by atoms with Crippen LogP contribution in [0.4, 0.5) is 11.4 Å². The number of nitrogens with one attached hydrogen (secondary N) is 1. The summed E-state index contributed by atoms with van der Waals surface area (Å²) in [6.07, 6.45) is 0.772. The van der Waals surface area contributed by atoms with E-state index in [9.17, 15) is 9.59 Å². The number of amides is 2. The lowest BCUT2D eigenvalue weighted by atomic mass is 10.0. The van der Waals surface area contributed by atoms with Gasteiger partial charge in [-0.05, 0) is 41.3 Å². The van der Waals surface area contributed by atoms with E-state index in [-0.39, 0.29) is 18.4 Å². The maximum atomic E-state index is 12.8. The molecule has 5 heteroatoms. The van der Waals surface area contributed by atoms with Crippen LogP contribution in [0.15, 0.2) is 72.8 Å². The van der Waals surface area contributed by atoms with E-state index < -0.39 is 0 Å². The van der Waals surface area contributed by atoms with Gasteiger partial charge in [-0.2, -0.15) is 0 Å². The molecule has 0 atom stereocenters. The second-order valence-corrected chi connectivity index (χ2v) is 7.38. The van der Waals surface area contributed by atoms with Gasteiger partial charge in [0.05, 0.1) is 6.61 Å². The Morgan fingerprint density at radius 2 is 1.77 bits per heavy atom. The lowest BCUT2D eigenvalue weighted by Gasteiger charge is -2.23. The van der Waals surface area contributed by atoms with Crippen molar-refractivity contribution in [2.24, 2.45) is 0 Å². The van der Waals surface area contributed by atoms with E-state index in [2.05, 4.69) is 17.4 Å². The van der Waals surface area contributed by atoms with Crippen LogP contribution < -0.4 is 10.2 Å². The summed E-state index contributed by atoms with van der Waals surface area (Å²) in [5.74, 6) is -0.141. The second kappa shape index (κ2) is 8.93. The summed E-state index contributed by atoms with van der Waals surface area (Å²) < 4.78 is 5.59. The monoisotopic (exact) mass is 400 g/mol. The smallest absolute Gasteiger partial charge is 0.253 e. The minimum absolute atomic E-state index is 0.0335. The van der Waals surface area contributed by atoms with Crippen molar-refractivity contribution < 1.29 is 14.3 Å². The van der Waals surface area contributed by atoms with Crippen molar-refractivity contribution in [3.63, 3.8) is 0 Å². The number of rotatable bonds is 5. The summed E-state index contributed by atoms with van der Waals surface area (Å²) >= 11 is 0. The minimum Gasteiger partial charge on any atom is -0.367 e. The van der Waals surface area contributed by atoms with E-state index >= 15 is 0 Å². The molecule has 0 saturated carbocycles. The van der Waals surface area contributed by atoms with Gasteiger partial charge in [-0.25, -0.2) is 0 Å². The number of carbonyl (C=O) groups is 2. The summed E-state index contributed by atoms with van der Waals surface area (Å²) in [6, 6.07) is 23.9. The number of anilines is 2. The maximum absolute atomic E-state index is 12.8. The molecular weight excluding hydrogens is 376 g/mol. The van der Waals surface area contributed by atoms with Gasteiger partial charge in [-0.15, -0.1) is 0 Å². The Hall–Kier alpha value is -3.44. The van der Waals surface area contributed by atoms with Crippen LogP contribution in [-0.2, 0) is 27.4 Å². The molecule has 1 heterocycles. The number of benzene rings is 3. The van der Waals surface area contributed by atoms with Gasteiger partial charge >= 0.3 is 0 Å². The molecule has 0 aromatic heterocycles. The zero-order valence-corrected chi connectivity index (χ0v) is 16.9. The lowest BCUT2D eigenvalue weighted by Crippen LogP contribution is -2.34. The van der Waals surface area contributed by atoms with E-state index in [1.807, 2.05) is 65.6 Å². The first-order valence-corrected chi connectivity index (χ1v) is 10.0. The quantitative estimate of drug-likeness (QED) is 0.690. The van der Waals surface area contributed by atoms with Crippen molar-refractivity contribution in [1.29, 1.82) is 0 Å². The van der Waals surface area contributed by atoms with Crippen LogP contribution in [0.2, 0.25) is 0 Å². The molecule has 0 spiro atoms. The van der Waals surface area contributed by atoms with E-state index in [0.29, 0.717) is 13.2 Å². The molecule has 2 amide bonds. The standard InChI is InChI=1S/C25H24N2O3/c1-18(28)26-23-9-5-8-20(14-23)21-10-11-22-16-30-17-25(29)27(24(22)15-21)13-12-19-6-3-2-4-7-19/h2-11,14-15H,12-13,16-17H2,1H3,(H,26,28). The summed E-state index contributed by atoms with van der Waals surface area (Å²) in [6.45, 7) is 2.58. The Labute approximate surface area is 176 Å². The first-order valence-electron chi connectivity index (χ1n) is 10.0. The summed E-state index contributed by atoms with van der Waals surface area (Å²) in [5, 5.41) is 2.82. The van der Waals surface area contributed by atoms with Crippen molar-refractivity contribution in [2.45, 2.75) is 20.0 Å². The van der Waals surface area contributed by atoms with E-state index in [4.69, 9.17) is 4.74 Å². The Kier molecular flexibility index (Phi) is 5.91. The Morgan fingerprint density at radius 3 is 2.57 bits per heavy atom. The molecule has 1 aliphatic heterocycles. The predicted octanol–water partition coefficient (Wildman–Crippen LogP) is 4.42. The molecule has 152 valence electrons. The Bertz CT molecular complexity index is 1060. The van der Waals surface area contributed by atoms with Gasteiger partial charge in [0, 0.05) is 30.4 Å². The molecule has 3 aromatic rings. The number of nitrogens with zero attached hydrogens (tertiary/aromatic N) is 1. The molecule has 0 fully saturated rings. The molecular formula is C25H24N2O3. The molecule has 5 nitrogen and oxygen atoms in total. The summed E-state index contributed by atoms with van der Waals surface area (Å²) in [7, 11) is 0. The van der Waals surface area contributed by atoms with Gasteiger partial charge in [-0.1, -0.05) is 54.6 Å². The minimum atomic E-state index is -0.107. The lowest BCUT2D eigenvalue weighted by molar-refractivity contribution is -0.123. The van der Waals surface area contributed by atoms with Crippen LogP contribution >= 0.6 is 0 Å². The zero-order chi connectivity index (χ0) is 20.9. The molecule has 1 N–H and O–H groups in total. The molecule has 30 heavy (non-hydrogen) atoms. The molecule has 0 aliphatic carbocycles. The van der Waals surface area contributed by atoms with Crippen molar-refractivity contribution in [1.82, 2.24) is 0 Å². The molecule has 1 aliphatic rings. The van der Waals surface area contributed by atoms with Crippen LogP contribution in [0.5, 0.6) is 0 Å². The first-order chi connectivity index (χ1) is 14.6. The Morgan fingerprint density at radius 1 is 0.967 bits per heavy atom. The highest BCUT2D eigenvalue weighted by molar-refractivity contribution is 5.96. The van der Waals surface area contributed by atoms with Gasteiger partial charge in [0.15, 0.2) is 0 Å². The maximum Gasteiger partial charge on any atom is 0.253 e. The van der Waals surface area contributed by atoms with Crippen LogP contribution in [0.1, 0.15) is 18.1 Å². The average Bonchev–Trinajstić information content (AvgIpc) is 2.90. The third kappa shape index (κ3) is 4.58. The van der Waals surface area contributed by atoms with Gasteiger partial charge in [0.25, 0.3) is 5.91 Å². The van der Waals surface area contributed by atoms with Crippen molar-refractivity contribution >= 4 is 23.2 Å². The highest BCUT2D eigenvalue weighted by Crippen LogP contribution is 2.32. The summed E-state index contributed by atoms with van der Waals surface area (Å²) in [4.78, 5) is 26.0. The van der Waals surface area contributed by atoms with Gasteiger partial charge in [-0.3, -0.25) is 9.59 Å². The molecule has 0 bridgehead atoms. The highest BCUT2D eigenvalue weighted by atomic mass is 16.5. The third-order valence-corrected chi connectivity index (χ3v) is 5.14. The van der Waals surface area contributed by atoms with E-state index in [1.54, 1.807) is 0 Å². The topological polar surface area (TPSA) is 58.6 Å². The normalized spacial score (nSPS) is 13.5. The largest absolute Gasteiger partial charge is 0.367 e. The summed E-state index contributed by atoms with van der Waals surface area (Å²) in [5.41, 5.74) is 5.78. The molecule has 0 saturated heterocycles. The first kappa shape index (κ1) is 19.9. The van der Waals surface area contributed by atoms with Crippen LogP contribution in [-0.4, -0.2) is 25.0 Å². The fraction of sp³-hybridized carbons (Fsp3) is 0.200. The fourth-order valence-electron chi connectivity index (χ4n) is 3.69. The number of ether oxygens (including phenoxy) is 1. The highest BCUT2D eigenvalue weighted by Gasteiger charge is 2.23. The average molecular weight is 400 g/mol. The molecule has 0 unspecified atom stereocenters. The van der Waals surface area contributed by atoms with Crippen molar-refractivity contribution in [3.8, 4) is 11.1 Å². The Balaban J connectivity index is 1.66. The van der Waals surface area contributed by atoms with Crippen molar-refractivity contribution in [3.05, 3.63) is 83.9 Å². The van der Waals surface area contributed by atoms with E-state index in [0.717, 1.165) is 34.5 Å². The zero-order valence-electron chi connectivity index (χ0n) is 16.9. The second-order valence-electron chi connectivity index (χ2n) is 7.38. The van der Waals surface area contributed by atoms with E-state index in [1.165, 1.54) is 12.5 Å². The number of fused-ring (bicyclic) bond motifs is 1. The fourth-order valence-corrected chi connectivity index (χ4v) is 3.69. The molecule has 0 radical (unpaired) electrons. The SMILES string of the molecule is CC(=O)Nc1cccc(-c2ccc3c(c2)N(CCc2ccccc2)C(=O)COC3)c1. The van der Waals surface area contributed by atoms with Gasteiger partial charge < -0.3 is 15.0 Å². The molecule has 4 rings (SSSR count). The predicted molar refractivity (Wildman–Crippen MR) is 118 cm³/mol.